The van der Waals surface area contributed by atoms with Gasteiger partial charge in [-0.15, -0.1) is 11.3 Å². The molecular weight excluding hydrogens is 244 g/mol. The molecule has 0 bridgehead atoms. The lowest BCUT2D eigenvalue weighted by atomic mass is 10.1. The van der Waals surface area contributed by atoms with Crippen molar-refractivity contribution in [2.45, 2.75) is 13.8 Å². The summed E-state index contributed by atoms with van der Waals surface area (Å²) in [5.74, 6) is 1.11. The summed E-state index contributed by atoms with van der Waals surface area (Å²) in [4.78, 5) is 14.2. The number of aromatic nitrogens is 3. The second-order valence-electron chi connectivity index (χ2n) is 4.25. The van der Waals surface area contributed by atoms with Gasteiger partial charge in [0.05, 0.1) is 5.39 Å². The Morgan fingerprint density at radius 3 is 2.83 bits per heavy atom. The molecule has 0 aliphatic carbocycles. The second kappa shape index (κ2) is 4.03. The normalized spacial score (nSPS) is 11.0. The third-order valence-electron chi connectivity index (χ3n) is 2.78. The van der Waals surface area contributed by atoms with Crippen molar-refractivity contribution < 1.29 is 0 Å². The number of nitrogens with two attached hydrogens (primary N) is 1. The van der Waals surface area contributed by atoms with Gasteiger partial charge in [-0.3, -0.25) is 4.98 Å². The second-order valence-corrected chi connectivity index (χ2v) is 5.14. The predicted octanol–water partition coefficient (Wildman–Crippen LogP) is 2.95. The van der Waals surface area contributed by atoms with E-state index in [1.165, 1.54) is 0 Å². The molecule has 0 saturated carbocycles. The molecule has 2 N–H and O–H groups in total. The molecule has 0 aliphatic rings. The van der Waals surface area contributed by atoms with Crippen LogP contribution in [0.1, 0.15) is 11.1 Å². The number of anilines is 1. The number of nitrogen functional groups attached to an aromatic ring is 1. The van der Waals surface area contributed by atoms with E-state index < -0.39 is 0 Å². The Labute approximate surface area is 109 Å². The number of rotatable bonds is 1. The van der Waals surface area contributed by atoms with Crippen LogP contribution in [0.3, 0.4) is 0 Å². The van der Waals surface area contributed by atoms with Crippen molar-refractivity contribution in [1.29, 1.82) is 0 Å². The first-order valence-electron chi connectivity index (χ1n) is 5.59. The van der Waals surface area contributed by atoms with Crippen molar-refractivity contribution >= 4 is 27.4 Å². The van der Waals surface area contributed by atoms with E-state index >= 15 is 0 Å². The summed E-state index contributed by atoms with van der Waals surface area (Å²) >= 11 is 1.56. The first-order chi connectivity index (χ1) is 8.65. The Balaban J connectivity index is 2.24. The van der Waals surface area contributed by atoms with Crippen molar-refractivity contribution in [3.05, 3.63) is 34.8 Å². The van der Waals surface area contributed by atoms with Gasteiger partial charge in [0.15, 0.2) is 5.82 Å². The summed E-state index contributed by atoms with van der Waals surface area (Å²) < 4.78 is 0. The molecular formula is C13H12N4S. The highest BCUT2D eigenvalue weighted by atomic mass is 32.1. The molecule has 0 radical (unpaired) electrons. The number of aryl methyl sites for hydroxylation is 2. The van der Waals surface area contributed by atoms with Crippen LogP contribution in [0, 0.1) is 13.8 Å². The van der Waals surface area contributed by atoms with Gasteiger partial charge in [-0.2, -0.15) is 0 Å². The molecule has 3 aromatic heterocycles. The molecule has 18 heavy (non-hydrogen) atoms. The van der Waals surface area contributed by atoms with Gasteiger partial charge in [0, 0.05) is 6.20 Å². The topological polar surface area (TPSA) is 64.7 Å². The summed E-state index contributed by atoms with van der Waals surface area (Å²) in [6.45, 7) is 4.02. The summed E-state index contributed by atoms with van der Waals surface area (Å²) in [6, 6.07) is 4.01. The van der Waals surface area contributed by atoms with E-state index in [-0.39, 0.29) is 0 Å². The largest absolute Gasteiger partial charge is 0.383 e. The van der Waals surface area contributed by atoms with Gasteiger partial charge < -0.3 is 5.73 Å². The van der Waals surface area contributed by atoms with Crippen molar-refractivity contribution in [3.63, 3.8) is 0 Å². The minimum absolute atomic E-state index is 0.512. The zero-order valence-corrected chi connectivity index (χ0v) is 11.0. The van der Waals surface area contributed by atoms with Gasteiger partial charge in [0.25, 0.3) is 0 Å². The molecule has 0 fully saturated rings. The predicted molar refractivity (Wildman–Crippen MR) is 74.5 cm³/mol. The summed E-state index contributed by atoms with van der Waals surface area (Å²) in [7, 11) is 0. The van der Waals surface area contributed by atoms with E-state index in [0.717, 1.165) is 27.0 Å². The molecule has 4 nitrogen and oxygen atoms in total. The van der Waals surface area contributed by atoms with Crippen LogP contribution in [0.2, 0.25) is 0 Å². The molecule has 0 aliphatic heterocycles. The number of hydrogen-bond acceptors (Lipinski definition) is 5. The summed E-state index contributed by atoms with van der Waals surface area (Å²) in [5, 5.41) is 2.88. The third kappa shape index (κ3) is 1.73. The monoisotopic (exact) mass is 256 g/mol. The van der Waals surface area contributed by atoms with Gasteiger partial charge in [0.2, 0.25) is 0 Å². The number of thiophene rings is 1. The Hall–Kier alpha value is -2.01. The Bertz CT molecular complexity index is 733. The van der Waals surface area contributed by atoms with Gasteiger partial charge in [0.1, 0.15) is 16.3 Å². The Morgan fingerprint density at radius 2 is 2.06 bits per heavy atom. The molecule has 0 amide bonds. The van der Waals surface area contributed by atoms with Gasteiger partial charge in [-0.05, 0) is 36.4 Å². The highest BCUT2D eigenvalue weighted by Crippen LogP contribution is 2.27. The fraction of sp³-hybridized carbons (Fsp3) is 0.154. The summed E-state index contributed by atoms with van der Waals surface area (Å²) in [5.41, 5.74) is 8.93. The first-order valence-corrected chi connectivity index (χ1v) is 6.47. The standard InChI is InChI=1S/C13H12N4S/c1-7-5-8(2)10(15-6-7)12-16-11(14)9-3-4-18-13(9)17-12/h3-6H,1-2H3,(H2,14,16,17). The SMILES string of the molecule is Cc1cnc(-c2nc(N)c3ccsc3n2)c(C)c1. The lowest BCUT2D eigenvalue weighted by molar-refractivity contribution is 1.15. The Kier molecular flexibility index (Phi) is 2.48. The van der Waals surface area contributed by atoms with Crippen LogP contribution >= 0.6 is 11.3 Å². The van der Waals surface area contributed by atoms with E-state index in [0.29, 0.717) is 11.6 Å². The number of pyridine rings is 1. The van der Waals surface area contributed by atoms with Crippen molar-refractivity contribution in [2.24, 2.45) is 0 Å². The van der Waals surface area contributed by atoms with Gasteiger partial charge >= 0.3 is 0 Å². The van der Waals surface area contributed by atoms with Crippen molar-refractivity contribution in [2.75, 3.05) is 5.73 Å². The average molecular weight is 256 g/mol. The molecule has 3 rings (SSSR count). The zero-order valence-electron chi connectivity index (χ0n) is 10.1. The molecule has 0 aromatic carbocycles. The van der Waals surface area contributed by atoms with Crippen molar-refractivity contribution in [3.8, 4) is 11.5 Å². The van der Waals surface area contributed by atoms with Crippen LogP contribution in [0.4, 0.5) is 5.82 Å². The van der Waals surface area contributed by atoms with E-state index in [1.54, 1.807) is 11.3 Å². The number of hydrogen-bond donors (Lipinski definition) is 1. The lowest BCUT2D eigenvalue weighted by Crippen LogP contribution is -1.99. The van der Waals surface area contributed by atoms with Crippen molar-refractivity contribution in [1.82, 2.24) is 15.0 Å². The van der Waals surface area contributed by atoms with Crippen LogP contribution in [0.25, 0.3) is 21.7 Å². The molecule has 3 heterocycles. The average Bonchev–Trinajstić information content (AvgIpc) is 2.77. The molecule has 0 atom stereocenters. The molecule has 5 heteroatoms. The van der Waals surface area contributed by atoms with Gasteiger partial charge in [-0.1, -0.05) is 6.07 Å². The lowest BCUT2D eigenvalue weighted by Gasteiger charge is -2.05. The van der Waals surface area contributed by atoms with Crippen LogP contribution in [0.5, 0.6) is 0 Å². The third-order valence-corrected chi connectivity index (χ3v) is 3.59. The maximum Gasteiger partial charge on any atom is 0.181 e. The number of nitrogens with zero attached hydrogens (tertiary/aromatic N) is 3. The fourth-order valence-electron chi connectivity index (χ4n) is 1.93. The summed E-state index contributed by atoms with van der Waals surface area (Å²) in [6.07, 6.45) is 1.82. The quantitative estimate of drug-likeness (QED) is 0.727. The highest BCUT2D eigenvalue weighted by Gasteiger charge is 2.11. The van der Waals surface area contributed by atoms with E-state index in [1.807, 2.05) is 31.5 Å². The maximum atomic E-state index is 5.95. The van der Waals surface area contributed by atoms with Gasteiger partial charge in [-0.25, -0.2) is 9.97 Å². The highest BCUT2D eigenvalue weighted by molar-refractivity contribution is 7.16. The van der Waals surface area contributed by atoms with E-state index in [9.17, 15) is 0 Å². The Morgan fingerprint density at radius 1 is 1.22 bits per heavy atom. The molecule has 90 valence electrons. The molecule has 0 saturated heterocycles. The van der Waals surface area contributed by atoms with Crippen LogP contribution < -0.4 is 5.73 Å². The smallest absolute Gasteiger partial charge is 0.181 e. The zero-order chi connectivity index (χ0) is 12.7. The molecule has 0 spiro atoms. The minimum Gasteiger partial charge on any atom is -0.383 e. The minimum atomic E-state index is 0.512. The van der Waals surface area contributed by atoms with Crippen LogP contribution in [-0.2, 0) is 0 Å². The molecule has 0 unspecified atom stereocenters. The van der Waals surface area contributed by atoms with E-state index in [2.05, 4.69) is 21.0 Å². The first kappa shape index (κ1) is 11.1. The van der Waals surface area contributed by atoms with Crippen LogP contribution in [0.15, 0.2) is 23.7 Å². The van der Waals surface area contributed by atoms with Crippen LogP contribution in [-0.4, -0.2) is 15.0 Å². The van der Waals surface area contributed by atoms with E-state index in [4.69, 9.17) is 5.73 Å². The fourth-order valence-corrected chi connectivity index (χ4v) is 2.71. The maximum absolute atomic E-state index is 5.95. The number of fused-ring (bicyclic) bond motifs is 1. The molecule has 3 aromatic rings.